The first-order valence-electron chi connectivity index (χ1n) is 9.39. The summed E-state index contributed by atoms with van der Waals surface area (Å²) >= 11 is 0. The van der Waals surface area contributed by atoms with E-state index < -0.39 is 0 Å². The Morgan fingerprint density at radius 2 is 2.07 bits per heavy atom. The van der Waals surface area contributed by atoms with Gasteiger partial charge in [0.05, 0.1) is 6.54 Å². The molecule has 2 aromatic rings. The van der Waals surface area contributed by atoms with Gasteiger partial charge >= 0.3 is 0 Å². The zero-order valence-electron chi connectivity index (χ0n) is 16.4. The topological polar surface area (TPSA) is 65.7 Å². The lowest BCUT2D eigenvalue weighted by Crippen LogP contribution is -2.44. The third-order valence-electron chi connectivity index (χ3n) is 4.77. The van der Waals surface area contributed by atoms with E-state index in [0.717, 1.165) is 30.3 Å². The molecule has 7 heteroatoms. The maximum atomic E-state index is 5.61. The fourth-order valence-corrected chi connectivity index (χ4v) is 3.16. The van der Waals surface area contributed by atoms with Gasteiger partial charge in [-0.3, -0.25) is 0 Å². The van der Waals surface area contributed by atoms with Gasteiger partial charge in [0.2, 0.25) is 5.89 Å². The van der Waals surface area contributed by atoms with E-state index in [9.17, 15) is 0 Å². The number of aromatic nitrogens is 1. The molecule has 0 radical (unpaired) electrons. The van der Waals surface area contributed by atoms with E-state index in [-0.39, 0.29) is 24.0 Å². The van der Waals surface area contributed by atoms with Crippen molar-refractivity contribution in [2.45, 2.75) is 39.3 Å². The van der Waals surface area contributed by atoms with E-state index in [1.165, 1.54) is 24.9 Å². The standard InChI is InChI=1S/C20H29N5O.HI/c1-4-21-20(23-13-18-6-5-11-25(18)3)22-12-17-14-26-19(24-17)16-9-7-15(2)8-10-16;/h7-10,14,18H,4-6,11-13H2,1-3H3,(H2,21,22,23);1H. The summed E-state index contributed by atoms with van der Waals surface area (Å²) in [6.07, 6.45) is 4.20. The summed E-state index contributed by atoms with van der Waals surface area (Å²) in [6, 6.07) is 8.75. The number of guanidine groups is 1. The molecule has 0 bridgehead atoms. The quantitative estimate of drug-likeness (QED) is 0.375. The number of rotatable bonds is 6. The fourth-order valence-electron chi connectivity index (χ4n) is 3.16. The van der Waals surface area contributed by atoms with E-state index >= 15 is 0 Å². The van der Waals surface area contributed by atoms with Gasteiger partial charge in [-0.05, 0) is 52.4 Å². The molecule has 0 spiro atoms. The number of benzene rings is 1. The molecule has 148 valence electrons. The molecular formula is C20H30IN5O. The first-order chi connectivity index (χ1) is 12.7. The third-order valence-corrected chi connectivity index (χ3v) is 4.77. The Labute approximate surface area is 178 Å². The lowest BCUT2D eigenvalue weighted by atomic mass is 10.1. The molecule has 0 aliphatic carbocycles. The molecular weight excluding hydrogens is 453 g/mol. The molecule has 1 aromatic heterocycles. The van der Waals surface area contributed by atoms with Crippen LogP contribution in [0.4, 0.5) is 0 Å². The Hall–Kier alpha value is -1.61. The Bertz CT molecular complexity index is 728. The van der Waals surface area contributed by atoms with E-state index in [2.05, 4.69) is 58.5 Å². The van der Waals surface area contributed by atoms with Crippen molar-refractivity contribution < 1.29 is 4.42 Å². The van der Waals surface area contributed by atoms with Crippen LogP contribution in [-0.4, -0.2) is 48.6 Å². The second-order valence-corrected chi connectivity index (χ2v) is 6.86. The van der Waals surface area contributed by atoms with E-state index in [1.54, 1.807) is 6.26 Å². The number of likely N-dealkylation sites (tertiary alicyclic amines) is 1. The number of aliphatic imine (C=N–C) groups is 1. The molecule has 27 heavy (non-hydrogen) atoms. The molecule has 1 atom stereocenters. The van der Waals surface area contributed by atoms with E-state index in [0.29, 0.717) is 18.5 Å². The molecule has 1 fully saturated rings. The van der Waals surface area contributed by atoms with Gasteiger partial charge in [0.15, 0.2) is 5.96 Å². The van der Waals surface area contributed by atoms with Crippen LogP contribution in [0.5, 0.6) is 0 Å². The number of halogens is 1. The molecule has 2 heterocycles. The highest BCUT2D eigenvalue weighted by Crippen LogP contribution is 2.19. The first-order valence-corrected chi connectivity index (χ1v) is 9.39. The molecule has 1 aliphatic heterocycles. The molecule has 3 rings (SSSR count). The SMILES string of the molecule is CCNC(=NCc1coc(-c2ccc(C)cc2)n1)NCC1CCCN1C.I. The molecule has 1 aliphatic rings. The van der Waals surface area contributed by atoms with Gasteiger partial charge in [-0.15, -0.1) is 24.0 Å². The number of hydrogen-bond acceptors (Lipinski definition) is 4. The van der Waals surface area contributed by atoms with Crippen LogP contribution in [0.3, 0.4) is 0 Å². The van der Waals surface area contributed by atoms with Gasteiger partial charge < -0.3 is 20.0 Å². The lowest BCUT2D eigenvalue weighted by Gasteiger charge is -2.21. The molecule has 1 unspecified atom stereocenters. The normalized spacial score (nSPS) is 17.6. The van der Waals surface area contributed by atoms with Crippen LogP contribution in [0.25, 0.3) is 11.5 Å². The minimum atomic E-state index is 0. The molecule has 2 N–H and O–H groups in total. The van der Waals surface area contributed by atoms with Gasteiger partial charge in [-0.25, -0.2) is 9.98 Å². The van der Waals surface area contributed by atoms with Crippen LogP contribution in [0.1, 0.15) is 31.0 Å². The van der Waals surface area contributed by atoms with Crippen molar-refractivity contribution in [2.24, 2.45) is 4.99 Å². The first kappa shape index (κ1) is 21.7. The molecule has 1 saturated heterocycles. The molecule has 1 aromatic carbocycles. The number of aryl methyl sites for hydroxylation is 1. The number of hydrogen-bond donors (Lipinski definition) is 2. The fraction of sp³-hybridized carbons (Fsp3) is 0.500. The summed E-state index contributed by atoms with van der Waals surface area (Å²) in [5.74, 6) is 1.47. The smallest absolute Gasteiger partial charge is 0.226 e. The predicted molar refractivity (Wildman–Crippen MR) is 121 cm³/mol. The van der Waals surface area contributed by atoms with Crippen molar-refractivity contribution in [2.75, 3.05) is 26.7 Å². The van der Waals surface area contributed by atoms with Crippen LogP contribution in [0.15, 0.2) is 39.9 Å². The van der Waals surface area contributed by atoms with Gasteiger partial charge in [0.25, 0.3) is 0 Å². The second kappa shape index (κ2) is 10.7. The zero-order valence-corrected chi connectivity index (χ0v) is 18.7. The summed E-state index contributed by atoms with van der Waals surface area (Å²) in [6.45, 7) is 7.56. The summed E-state index contributed by atoms with van der Waals surface area (Å²) in [7, 11) is 2.19. The lowest BCUT2D eigenvalue weighted by molar-refractivity contribution is 0.309. The number of nitrogens with zero attached hydrogens (tertiary/aromatic N) is 3. The Balaban J connectivity index is 0.00000261. The van der Waals surface area contributed by atoms with Crippen molar-refractivity contribution in [3.8, 4) is 11.5 Å². The highest BCUT2D eigenvalue weighted by molar-refractivity contribution is 14.0. The largest absolute Gasteiger partial charge is 0.444 e. The molecule has 6 nitrogen and oxygen atoms in total. The number of oxazole rings is 1. The molecule has 0 saturated carbocycles. The van der Waals surface area contributed by atoms with Gasteiger partial charge in [-0.2, -0.15) is 0 Å². The second-order valence-electron chi connectivity index (χ2n) is 6.86. The zero-order chi connectivity index (χ0) is 18.4. The van der Waals surface area contributed by atoms with Crippen molar-refractivity contribution >= 4 is 29.9 Å². The van der Waals surface area contributed by atoms with Gasteiger partial charge in [-0.1, -0.05) is 17.7 Å². The highest BCUT2D eigenvalue weighted by atomic mass is 127. The van der Waals surface area contributed by atoms with Crippen LogP contribution in [0.2, 0.25) is 0 Å². The van der Waals surface area contributed by atoms with Crippen LogP contribution in [0, 0.1) is 6.92 Å². The van der Waals surface area contributed by atoms with Crippen LogP contribution < -0.4 is 10.6 Å². The van der Waals surface area contributed by atoms with Gasteiger partial charge in [0.1, 0.15) is 12.0 Å². The van der Waals surface area contributed by atoms with Crippen molar-refractivity contribution in [1.82, 2.24) is 20.5 Å². The Kier molecular flexibility index (Phi) is 8.56. The average Bonchev–Trinajstić information content (AvgIpc) is 3.27. The minimum absolute atomic E-state index is 0. The Morgan fingerprint density at radius 1 is 1.30 bits per heavy atom. The minimum Gasteiger partial charge on any atom is -0.444 e. The van der Waals surface area contributed by atoms with Crippen LogP contribution in [-0.2, 0) is 6.54 Å². The van der Waals surface area contributed by atoms with Crippen LogP contribution >= 0.6 is 24.0 Å². The van der Waals surface area contributed by atoms with Gasteiger partial charge in [0, 0.05) is 24.7 Å². The number of nitrogens with one attached hydrogen (secondary N) is 2. The van der Waals surface area contributed by atoms with E-state index in [1.807, 2.05) is 12.1 Å². The van der Waals surface area contributed by atoms with Crippen molar-refractivity contribution in [3.05, 3.63) is 41.8 Å². The average molecular weight is 483 g/mol. The highest BCUT2D eigenvalue weighted by Gasteiger charge is 2.20. The van der Waals surface area contributed by atoms with Crippen molar-refractivity contribution in [1.29, 1.82) is 0 Å². The Morgan fingerprint density at radius 3 is 2.74 bits per heavy atom. The monoisotopic (exact) mass is 483 g/mol. The van der Waals surface area contributed by atoms with Crippen molar-refractivity contribution in [3.63, 3.8) is 0 Å². The number of likely N-dealkylation sites (N-methyl/N-ethyl adjacent to an activating group) is 1. The summed E-state index contributed by atoms with van der Waals surface area (Å²) in [5, 5.41) is 6.75. The van der Waals surface area contributed by atoms with E-state index in [4.69, 9.17) is 4.42 Å². The summed E-state index contributed by atoms with van der Waals surface area (Å²) in [4.78, 5) is 11.6. The third kappa shape index (κ3) is 6.21. The maximum Gasteiger partial charge on any atom is 0.226 e. The predicted octanol–water partition coefficient (Wildman–Crippen LogP) is 3.42. The summed E-state index contributed by atoms with van der Waals surface area (Å²) < 4.78 is 5.61. The molecule has 0 amide bonds. The summed E-state index contributed by atoms with van der Waals surface area (Å²) in [5.41, 5.74) is 3.04. The maximum absolute atomic E-state index is 5.61.